The van der Waals surface area contributed by atoms with E-state index in [0.717, 1.165) is 19.3 Å². The van der Waals surface area contributed by atoms with Crippen molar-refractivity contribution in [1.82, 2.24) is 5.32 Å². The quantitative estimate of drug-likeness (QED) is 0.0258. The molecule has 59 heavy (non-hydrogen) atoms. The predicted molar refractivity (Wildman–Crippen MR) is 191 cm³/mol. The molecule has 16 atom stereocenters. The first-order valence-corrected chi connectivity index (χ1v) is 20.5. The fourth-order valence-corrected chi connectivity index (χ4v) is 7.26. The molecule has 344 valence electrons. The molecule has 0 aromatic heterocycles. The standard InChI is InChI=1S/C33H58N2O23S/c1-52-20(42)8-6-4-2-3-5-7-9-53-30-22(35-19(41)14-59(49,50)51)25(45)27(18(13-38)55-30)56-31-26(46)29(24(44)17(12-37)54-31)58-33(32(47)48)10-15(39)21(34)28(57-33)23(43)16(40)11-36/h15-18,21-31,36-40,43-46H,2-14,34H2,1H3,(H,35,41)(H,47,48)(H,49,50,51)/t15-,16+,17+,18+,21+,22+,23+,24-,25+,26+,27+,28+,29-,30+,31-,33-/m0/s1. The van der Waals surface area contributed by atoms with Gasteiger partial charge in [-0.3, -0.25) is 14.1 Å². The van der Waals surface area contributed by atoms with Gasteiger partial charge in [0.1, 0.15) is 67.1 Å². The minimum Gasteiger partial charge on any atom is -0.477 e. The summed E-state index contributed by atoms with van der Waals surface area (Å²) in [7, 11) is -3.57. The highest BCUT2D eigenvalue weighted by atomic mass is 32.2. The zero-order valence-electron chi connectivity index (χ0n) is 32.2. The van der Waals surface area contributed by atoms with Gasteiger partial charge in [-0.1, -0.05) is 25.7 Å². The Morgan fingerprint density at radius 2 is 1.49 bits per heavy atom. The van der Waals surface area contributed by atoms with Gasteiger partial charge in [-0.15, -0.1) is 0 Å². The molecule has 3 fully saturated rings. The zero-order chi connectivity index (χ0) is 44.2. The number of hydrogen-bond acceptors (Lipinski definition) is 22. The number of ether oxygens (including phenoxy) is 7. The SMILES string of the molecule is COC(=O)CCCCCCCCO[C@@H]1O[C@H](CO)[C@@H](O[C@@H]2O[C@H](CO)[C@H](O)[C@H](O[C@]3(C(=O)O)C[C@H](O)[C@@H](N)[C@H]([C@H](O)[C@H](O)CO)O3)[C@H]2O)[C@H](O)[C@H]1NC(=O)CS(=O)(=O)O. The smallest absolute Gasteiger partial charge is 0.364 e. The van der Waals surface area contributed by atoms with Crippen molar-refractivity contribution in [2.75, 3.05) is 39.3 Å². The van der Waals surface area contributed by atoms with Crippen LogP contribution in [0.4, 0.5) is 0 Å². The molecule has 3 saturated heterocycles. The van der Waals surface area contributed by atoms with Gasteiger partial charge in [0.25, 0.3) is 15.9 Å². The molecule has 0 spiro atoms. The monoisotopic (exact) mass is 882 g/mol. The minimum atomic E-state index is -4.87. The van der Waals surface area contributed by atoms with Gasteiger partial charge in [0.2, 0.25) is 5.91 Å². The highest BCUT2D eigenvalue weighted by molar-refractivity contribution is 7.86. The number of carboxylic acids is 1. The van der Waals surface area contributed by atoms with Crippen LogP contribution in [0.1, 0.15) is 51.4 Å². The third-order valence-corrected chi connectivity index (χ3v) is 10.7. The van der Waals surface area contributed by atoms with Gasteiger partial charge in [-0.05, 0) is 12.8 Å². The van der Waals surface area contributed by atoms with Gasteiger partial charge in [0.05, 0.1) is 39.1 Å². The van der Waals surface area contributed by atoms with E-state index in [2.05, 4.69) is 10.1 Å². The number of amides is 1. The maximum absolute atomic E-state index is 12.7. The third-order valence-electron chi connectivity index (χ3n) is 10.1. The summed E-state index contributed by atoms with van der Waals surface area (Å²) in [6.45, 7) is -3.02. The number of carboxylic acid groups (broad SMARTS) is 1. The highest BCUT2D eigenvalue weighted by Gasteiger charge is 2.59. The van der Waals surface area contributed by atoms with Gasteiger partial charge in [-0.2, -0.15) is 8.42 Å². The van der Waals surface area contributed by atoms with Crippen molar-refractivity contribution in [2.45, 2.75) is 149 Å². The number of esters is 1. The molecule has 3 aliphatic rings. The van der Waals surface area contributed by atoms with Crippen molar-refractivity contribution >= 4 is 28.0 Å². The van der Waals surface area contributed by atoms with Crippen LogP contribution >= 0.6 is 0 Å². The lowest BCUT2D eigenvalue weighted by Gasteiger charge is -2.50. The zero-order valence-corrected chi connectivity index (χ0v) is 33.0. The van der Waals surface area contributed by atoms with E-state index in [0.29, 0.717) is 25.7 Å². The second kappa shape index (κ2) is 23.2. The van der Waals surface area contributed by atoms with E-state index in [4.69, 9.17) is 34.2 Å². The number of nitrogens with two attached hydrogens (primary N) is 1. The number of carbonyl (C=O) groups is 3. The van der Waals surface area contributed by atoms with Crippen molar-refractivity contribution in [2.24, 2.45) is 5.73 Å². The Morgan fingerprint density at radius 3 is 2.07 bits per heavy atom. The van der Waals surface area contributed by atoms with Crippen LogP contribution in [0.2, 0.25) is 0 Å². The lowest BCUT2D eigenvalue weighted by molar-refractivity contribution is -0.382. The van der Waals surface area contributed by atoms with Crippen LogP contribution in [0, 0.1) is 0 Å². The Morgan fingerprint density at radius 1 is 0.881 bits per heavy atom. The molecule has 0 unspecified atom stereocenters. The number of unbranched alkanes of at least 4 members (excludes halogenated alkanes) is 5. The summed E-state index contributed by atoms with van der Waals surface area (Å²) in [6, 6.07) is -3.23. The van der Waals surface area contributed by atoms with Crippen LogP contribution in [0.15, 0.2) is 0 Å². The molecular formula is C33H58N2O23S. The molecular weight excluding hydrogens is 824 g/mol. The Bertz CT molecular complexity index is 1450. The first kappa shape index (κ1) is 51.0. The fourth-order valence-electron chi connectivity index (χ4n) is 6.85. The van der Waals surface area contributed by atoms with E-state index in [9.17, 15) is 78.4 Å². The van der Waals surface area contributed by atoms with Gasteiger partial charge in [0.15, 0.2) is 18.3 Å². The summed E-state index contributed by atoms with van der Waals surface area (Å²) in [5, 5.41) is 107. The van der Waals surface area contributed by atoms with Crippen molar-refractivity contribution in [3.8, 4) is 0 Å². The van der Waals surface area contributed by atoms with Crippen LogP contribution < -0.4 is 11.1 Å². The molecule has 3 heterocycles. The average Bonchev–Trinajstić information content (AvgIpc) is 3.18. The van der Waals surface area contributed by atoms with Crippen molar-refractivity contribution in [3.05, 3.63) is 0 Å². The van der Waals surface area contributed by atoms with Gasteiger partial charge >= 0.3 is 11.9 Å². The second-order valence-electron chi connectivity index (χ2n) is 14.5. The molecule has 14 N–H and O–H groups in total. The van der Waals surface area contributed by atoms with Crippen LogP contribution in [-0.4, -0.2) is 219 Å². The number of aliphatic hydroxyl groups is 9. The first-order chi connectivity index (χ1) is 27.7. The summed E-state index contributed by atoms with van der Waals surface area (Å²) >= 11 is 0. The number of aliphatic carboxylic acids is 1. The maximum Gasteiger partial charge on any atom is 0.364 e. The van der Waals surface area contributed by atoms with Crippen LogP contribution in [0.3, 0.4) is 0 Å². The number of methoxy groups -OCH3 is 1. The van der Waals surface area contributed by atoms with E-state index < -0.39 is 152 Å². The summed E-state index contributed by atoms with van der Waals surface area (Å²) in [4.78, 5) is 36.6. The largest absolute Gasteiger partial charge is 0.477 e. The van der Waals surface area contributed by atoms with Crippen molar-refractivity contribution in [3.63, 3.8) is 0 Å². The summed E-state index contributed by atoms with van der Waals surface area (Å²) in [6.07, 6.45) is -21.7. The minimum absolute atomic E-state index is 0.0305. The molecule has 26 heteroatoms. The molecule has 25 nitrogen and oxygen atoms in total. The van der Waals surface area contributed by atoms with Gasteiger partial charge in [0, 0.05) is 19.4 Å². The van der Waals surface area contributed by atoms with Crippen molar-refractivity contribution in [1.29, 1.82) is 0 Å². The molecule has 0 aliphatic carbocycles. The number of rotatable bonds is 23. The molecule has 0 saturated carbocycles. The second-order valence-corrected chi connectivity index (χ2v) is 15.9. The van der Waals surface area contributed by atoms with Gasteiger partial charge < -0.3 is 95.3 Å². The lowest BCUT2D eigenvalue weighted by Crippen LogP contribution is -2.70. The third kappa shape index (κ3) is 13.8. The predicted octanol–water partition coefficient (Wildman–Crippen LogP) is -6.46. The normalized spacial score (nSPS) is 36.4. The summed E-state index contributed by atoms with van der Waals surface area (Å²) in [5.41, 5.74) is 5.89. The van der Waals surface area contributed by atoms with E-state index in [1.807, 2.05) is 0 Å². The number of carbonyl (C=O) groups excluding carboxylic acids is 2. The molecule has 3 rings (SSSR count). The average molecular weight is 883 g/mol. The molecule has 1 amide bonds. The first-order valence-electron chi connectivity index (χ1n) is 18.9. The molecule has 0 aromatic rings. The Hall–Kier alpha value is -2.32. The van der Waals surface area contributed by atoms with Crippen molar-refractivity contribution < 1.29 is 112 Å². The Labute approximate surface area is 338 Å². The van der Waals surface area contributed by atoms with Crippen LogP contribution in [-0.2, 0) is 57.7 Å². The Kier molecular flexibility index (Phi) is 20.1. The van der Waals surface area contributed by atoms with Crippen LogP contribution in [0.25, 0.3) is 0 Å². The topological polar surface area (TPSA) is 411 Å². The van der Waals surface area contributed by atoms with Gasteiger partial charge in [-0.25, -0.2) is 4.79 Å². The highest BCUT2D eigenvalue weighted by Crippen LogP contribution is 2.38. The lowest BCUT2D eigenvalue weighted by atomic mass is 9.88. The maximum atomic E-state index is 12.7. The van der Waals surface area contributed by atoms with E-state index >= 15 is 0 Å². The molecule has 3 aliphatic heterocycles. The number of nitrogens with one attached hydrogen (secondary N) is 1. The molecule has 0 bridgehead atoms. The fraction of sp³-hybridized carbons (Fsp3) is 0.909. The summed E-state index contributed by atoms with van der Waals surface area (Å²) < 4.78 is 70.6. The molecule has 0 radical (unpaired) electrons. The van der Waals surface area contributed by atoms with E-state index in [1.165, 1.54) is 7.11 Å². The Balaban J connectivity index is 1.82. The number of hydrogen-bond donors (Lipinski definition) is 13. The molecule has 0 aromatic carbocycles. The van der Waals surface area contributed by atoms with Crippen LogP contribution in [0.5, 0.6) is 0 Å². The summed E-state index contributed by atoms with van der Waals surface area (Å²) in [5.74, 6) is -8.10. The van der Waals surface area contributed by atoms with E-state index in [-0.39, 0.29) is 12.6 Å². The number of aliphatic hydroxyl groups excluding tert-OH is 9. The van der Waals surface area contributed by atoms with E-state index in [1.54, 1.807) is 0 Å².